The summed E-state index contributed by atoms with van der Waals surface area (Å²) < 4.78 is 1.96. The van der Waals surface area contributed by atoms with Crippen molar-refractivity contribution in [1.29, 1.82) is 0 Å². The van der Waals surface area contributed by atoms with E-state index in [1.165, 1.54) is 5.69 Å². The van der Waals surface area contributed by atoms with E-state index >= 15 is 0 Å². The molecule has 0 fully saturated rings. The Morgan fingerprint density at radius 3 is 2.80 bits per heavy atom. The highest BCUT2D eigenvalue weighted by Gasteiger charge is 2.27. The Kier molecular flexibility index (Phi) is 3.28. The predicted molar refractivity (Wildman–Crippen MR) is 74.8 cm³/mol. The first-order valence-corrected chi connectivity index (χ1v) is 6.75. The van der Waals surface area contributed by atoms with Gasteiger partial charge in [0, 0.05) is 30.8 Å². The van der Waals surface area contributed by atoms with Crippen molar-refractivity contribution < 1.29 is 9.90 Å². The molecule has 2 heterocycles. The largest absolute Gasteiger partial charge is 0.480 e. The van der Waals surface area contributed by atoms with Crippen LogP contribution in [0.5, 0.6) is 0 Å². The minimum absolute atomic E-state index is 0.455. The highest BCUT2D eigenvalue weighted by atomic mass is 16.4. The van der Waals surface area contributed by atoms with Crippen LogP contribution in [0.15, 0.2) is 36.5 Å². The molecule has 20 heavy (non-hydrogen) atoms. The van der Waals surface area contributed by atoms with Gasteiger partial charge >= 0.3 is 5.97 Å². The van der Waals surface area contributed by atoms with Crippen LogP contribution in [0.3, 0.4) is 0 Å². The predicted octanol–water partition coefficient (Wildman–Crippen LogP) is 1.70. The minimum Gasteiger partial charge on any atom is -0.480 e. The molecule has 1 aromatic heterocycles. The molecule has 5 nitrogen and oxygen atoms in total. The molecule has 0 spiro atoms. The zero-order valence-corrected chi connectivity index (χ0v) is 11.4. The fraction of sp³-hybridized carbons (Fsp3) is 0.333. The van der Waals surface area contributed by atoms with E-state index in [9.17, 15) is 4.79 Å². The van der Waals surface area contributed by atoms with Crippen molar-refractivity contribution in [1.82, 2.24) is 14.7 Å². The number of hydrogen-bond donors (Lipinski definition) is 1. The molecule has 1 aliphatic rings. The number of fused-ring (bicyclic) bond motifs is 1. The molecule has 0 bridgehead atoms. The number of carbonyl (C=O) groups is 1. The lowest BCUT2D eigenvalue weighted by Gasteiger charge is -2.30. The van der Waals surface area contributed by atoms with Crippen LogP contribution in [0.1, 0.15) is 18.2 Å². The summed E-state index contributed by atoms with van der Waals surface area (Å²) in [7, 11) is 0. The summed E-state index contributed by atoms with van der Waals surface area (Å²) in [5.74, 6) is -0.774. The molecule has 0 saturated heterocycles. The fourth-order valence-electron chi connectivity index (χ4n) is 2.63. The van der Waals surface area contributed by atoms with Gasteiger partial charge in [0.2, 0.25) is 0 Å². The molecule has 104 valence electrons. The van der Waals surface area contributed by atoms with Gasteiger partial charge in [0.1, 0.15) is 6.04 Å². The summed E-state index contributed by atoms with van der Waals surface area (Å²) in [4.78, 5) is 13.0. The lowest BCUT2D eigenvalue weighted by molar-refractivity contribution is -0.143. The summed E-state index contributed by atoms with van der Waals surface area (Å²) in [5.41, 5.74) is 3.35. The van der Waals surface area contributed by atoms with E-state index in [0.29, 0.717) is 6.54 Å². The molecule has 1 aliphatic heterocycles. The first kappa shape index (κ1) is 12.9. The van der Waals surface area contributed by atoms with Crippen LogP contribution in [0.25, 0.3) is 5.69 Å². The second-order valence-corrected chi connectivity index (χ2v) is 5.10. The van der Waals surface area contributed by atoms with Crippen molar-refractivity contribution >= 4 is 5.97 Å². The molecular formula is C15H17N3O2. The third kappa shape index (κ3) is 2.20. The van der Waals surface area contributed by atoms with Crippen molar-refractivity contribution in [3.8, 4) is 5.69 Å². The van der Waals surface area contributed by atoms with E-state index in [4.69, 9.17) is 5.11 Å². The normalized spacial score (nSPS) is 16.6. The van der Waals surface area contributed by atoms with Gasteiger partial charge in [0.25, 0.3) is 0 Å². The number of carboxylic acid groups (broad SMARTS) is 1. The van der Waals surface area contributed by atoms with E-state index in [1.807, 2.05) is 46.1 Å². The van der Waals surface area contributed by atoms with Crippen molar-refractivity contribution in [3.05, 3.63) is 47.8 Å². The Bertz CT molecular complexity index is 621. The summed E-state index contributed by atoms with van der Waals surface area (Å²) in [5, 5.41) is 13.6. The second kappa shape index (κ2) is 5.09. The van der Waals surface area contributed by atoms with Crippen LogP contribution in [-0.4, -0.2) is 38.3 Å². The Morgan fingerprint density at radius 1 is 1.35 bits per heavy atom. The van der Waals surface area contributed by atoms with Crippen molar-refractivity contribution in [3.63, 3.8) is 0 Å². The maximum Gasteiger partial charge on any atom is 0.320 e. The van der Waals surface area contributed by atoms with Crippen LogP contribution in [0.2, 0.25) is 0 Å². The second-order valence-electron chi connectivity index (χ2n) is 5.10. The van der Waals surface area contributed by atoms with Crippen molar-refractivity contribution in [2.45, 2.75) is 25.9 Å². The molecule has 1 unspecified atom stereocenters. The fourth-order valence-corrected chi connectivity index (χ4v) is 2.63. The van der Waals surface area contributed by atoms with Crippen molar-refractivity contribution in [2.75, 3.05) is 6.54 Å². The minimum atomic E-state index is -0.774. The van der Waals surface area contributed by atoms with Gasteiger partial charge in [-0.2, -0.15) is 5.10 Å². The van der Waals surface area contributed by atoms with Crippen LogP contribution < -0.4 is 0 Å². The summed E-state index contributed by atoms with van der Waals surface area (Å²) in [6.07, 6.45) is 2.67. The Balaban J connectivity index is 1.87. The van der Waals surface area contributed by atoms with Crippen LogP contribution >= 0.6 is 0 Å². The zero-order chi connectivity index (χ0) is 14.1. The maximum atomic E-state index is 11.1. The summed E-state index contributed by atoms with van der Waals surface area (Å²) in [6.45, 7) is 3.13. The zero-order valence-electron chi connectivity index (χ0n) is 11.4. The lowest BCUT2D eigenvalue weighted by Crippen LogP contribution is -2.42. The van der Waals surface area contributed by atoms with Gasteiger partial charge in [-0.1, -0.05) is 18.2 Å². The smallest absolute Gasteiger partial charge is 0.320 e. The monoisotopic (exact) mass is 271 g/mol. The van der Waals surface area contributed by atoms with E-state index in [2.05, 4.69) is 5.10 Å². The average molecular weight is 271 g/mol. The molecule has 1 aromatic carbocycles. The molecule has 3 rings (SSSR count). The molecule has 1 N–H and O–H groups in total. The van der Waals surface area contributed by atoms with E-state index in [0.717, 1.165) is 24.2 Å². The number of aromatic nitrogens is 2. The first-order valence-electron chi connectivity index (χ1n) is 6.75. The van der Waals surface area contributed by atoms with Crippen molar-refractivity contribution in [2.24, 2.45) is 0 Å². The summed E-state index contributed by atoms with van der Waals surface area (Å²) in [6, 6.07) is 9.56. The number of rotatable bonds is 3. The molecule has 0 amide bonds. The number of carboxylic acids is 1. The lowest BCUT2D eigenvalue weighted by atomic mass is 10.1. The highest BCUT2D eigenvalue weighted by Crippen LogP contribution is 2.23. The number of nitrogens with zero attached hydrogens (tertiary/aromatic N) is 3. The molecule has 0 radical (unpaired) electrons. The molecular weight excluding hydrogens is 254 g/mol. The molecule has 1 atom stereocenters. The van der Waals surface area contributed by atoms with Gasteiger partial charge < -0.3 is 5.11 Å². The van der Waals surface area contributed by atoms with Gasteiger partial charge in [0.15, 0.2) is 0 Å². The van der Waals surface area contributed by atoms with E-state index in [-0.39, 0.29) is 0 Å². The van der Waals surface area contributed by atoms with Crippen LogP contribution in [0, 0.1) is 0 Å². The third-order valence-electron chi connectivity index (χ3n) is 3.87. The molecule has 0 aliphatic carbocycles. The van der Waals surface area contributed by atoms with Crippen LogP contribution in [0.4, 0.5) is 0 Å². The topological polar surface area (TPSA) is 58.4 Å². The van der Waals surface area contributed by atoms with Gasteiger partial charge in [-0.3, -0.25) is 9.69 Å². The van der Waals surface area contributed by atoms with Gasteiger partial charge in [-0.25, -0.2) is 4.68 Å². The Morgan fingerprint density at radius 2 is 2.10 bits per heavy atom. The summed E-state index contributed by atoms with van der Waals surface area (Å²) >= 11 is 0. The number of para-hydroxylation sites is 1. The SMILES string of the molecule is CC(C(=O)O)N1CCc2c(cnn2-c2ccccc2)C1. The Labute approximate surface area is 117 Å². The van der Waals surface area contributed by atoms with Gasteiger partial charge in [0.05, 0.1) is 11.9 Å². The van der Waals surface area contributed by atoms with Gasteiger partial charge in [-0.05, 0) is 19.1 Å². The first-order chi connectivity index (χ1) is 9.66. The number of aliphatic carboxylic acids is 1. The standard InChI is InChI=1S/C15H17N3O2/c1-11(15(19)20)17-8-7-14-12(10-17)9-16-18(14)13-5-3-2-4-6-13/h2-6,9,11H,7-8,10H2,1H3,(H,19,20). The Hall–Kier alpha value is -2.14. The van der Waals surface area contributed by atoms with Crippen LogP contribution in [-0.2, 0) is 17.8 Å². The number of benzene rings is 1. The average Bonchev–Trinajstić information content (AvgIpc) is 2.90. The maximum absolute atomic E-state index is 11.1. The quantitative estimate of drug-likeness (QED) is 0.923. The molecule has 2 aromatic rings. The molecule has 0 saturated carbocycles. The van der Waals surface area contributed by atoms with E-state index in [1.54, 1.807) is 6.92 Å². The molecule has 5 heteroatoms. The van der Waals surface area contributed by atoms with Gasteiger partial charge in [-0.15, -0.1) is 0 Å². The third-order valence-corrected chi connectivity index (χ3v) is 3.87. The van der Waals surface area contributed by atoms with E-state index < -0.39 is 12.0 Å². The number of hydrogen-bond acceptors (Lipinski definition) is 3. The highest BCUT2D eigenvalue weighted by molar-refractivity contribution is 5.72.